The minimum absolute atomic E-state index is 0.193. The Morgan fingerprint density at radius 1 is 1.18 bits per heavy atom. The summed E-state index contributed by atoms with van der Waals surface area (Å²) in [5.74, 6) is 1.55. The van der Waals surface area contributed by atoms with Crippen molar-refractivity contribution >= 4 is 5.82 Å². The summed E-state index contributed by atoms with van der Waals surface area (Å²) < 4.78 is 1.82. The van der Waals surface area contributed by atoms with E-state index in [0.717, 1.165) is 22.9 Å². The second kappa shape index (κ2) is 6.34. The number of rotatable bonds is 5. The first-order valence-corrected chi connectivity index (χ1v) is 7.21. The third-order valence-electron chi connectivity index (χ3n) is 3.35. The molecule has 0 radical (unpaired) electrons. The topological polar surface area (TPSA) is 68.5 Å². The second-order valence-electron chi connectivity index (χ2n) is 5.19. The van der Waals surface area contributed by atoms with E-state index in [4.69, 9.17) is 0 Å². The first-order valence-electron chi connectivity index (χ1n) is 7.21. The third kappa shape index (κ3) is 3.28. The normalized spacial score (nSPS) is 12.1. The zero-order valence-electron chi connectivity index (χ0n) is 12.6. The molecule has 6 nitrogen and oxygen atoms in total. The lowest BCUT2D eigenvalue weighted by Gasteiger charge is -2.14. The molecular weight excluding hydrogens is 276 g/mol. The molecule has 1 N–H and O–H groups in total. The predicted molar refractivity (Wildman–Crippen MR) is 85.4 cm³/mol. The highest BCUT2D eigenvalue weighted by Crippen LogP contribution is 2.17. The standard InChI is InChI=1S/C16H18N6/c1-12-8-15(18-9-13(2)22-11-17-10-19-22)21-16(20-12)14-6-4-3-5-7-14/h3-8,10-11,13H,9H2,1-2H3,(H,18,20,21). The van der Waals surface area contributed by atoms with Crippen LogP contribution in [-0.4, -0.2) is 31.3 Å². The molecule has 3 rings (SSSR count). The number of hydrogen-bond acceptors (Lipinski definition) is 5. The van der Waals surface area contributed by atoms with Crippen molar-refractivity contribution in [2.24, 2.45) is 0 Å². The Labute approximate surface area is 129 Å². The number of anilines is 1. The van der Waals surface area contributed by atoms with Gasteiger partial charge in [0, 0.05) is 23.9 Å². The van der Waals surface area contributed by atoms with E-state index in [9.17, 15) is 0 Å². The largest absolute Gasteiger partial charge is 0.368 e. The van der Waals surface area contributed by atoms with Crippen molar-refractivity contribution in [3.8, 4) is 11.4 Å². The maximum absolute atomic E-state index is 4.59. The fourth-order valence-electron chi connectivity index (χ4n) is 2.17. The molecule has 2 aromatic heterocycles. The summed E-state index contributed by atoms with van der Waals surface area (Å²) in [5, 5.41) is 7.49. The van der Waals surface area contributed by atoms with Gasteiger partial charge in [-0.25, -0.2) is 19.6 Å². The van der Waals surface area contributed by atoms with Crippen molar-refractivity contribution in [1.82, 2.24) is 24.7 Å². The Morgan fingerprint density at radius 3 is 2.73 bits per heavy atom. The molecule has 0 aliphatic carbocycles. The smallest absolute Gasteiger partial charge is 0.161 e. The molecule has 0 aliphatic heterocycles. The van der Waals surface area contributed by atoms with Crippen LogP contribution in [0.2, 0.25) is 0 Å². The lowest BCUT2D eigenvalue weighted by atomic mass is 10.2. The van der Waals surface area contributed by atoms with Crippen molar-refractivity contribution in [2.45, 2.75) is 19.9 Å². The van der Waals surface area contributed by atoms with E-state index in [2.05, 4.69) is 32.3 Å². The Bertz CT molecular complexity index is 724. The van der Waals surface area contributed by atoms with Crippen LogP contribution >= 0.6 is 0 Å². The summed E-state index contributed by atoms with van der Waals surface area (Å²) in [4.78, 5) is 13.1. The van der Waals surface area contributed by atoms with Crippen LogP contribution in [-0.2, 0) is 0 Å². The molecule has 0 bridgehead atoms. The minimum atomic E-state index is 0.193. The van der Waals surface area contributed by atoms with Gasteiger partial charge in [0.2, 0.25) is 0 Å². The maximum atomic E-state index is 4.59. The highest BCUT2D eigenvalue weighted by Gasteiger charge is 2.08. The summed E-state index contributed by atoms with van der Waals surface area (Å²) in [6.07, 6.45) is 3.26. The average Bonchev–Trinajstić information content (AvgIpc) is 3.07. The first kappa shape index (κ1) is 14.2. The van der Waals surface area contributed by atoms with Crippen LogP contribution in [0.4, 0.5) is 5.82 Å². The lowest BCUT2D eigenvalue weighted by molar-refractivity contribution is 0.510. The van der Waals surface area contributed by atoms with Crippen molar-refractivity contribution in [1.29, 1.82) is 0 Å². The SMILES string of the molecule is Cc1cc(NCC(C)n2cncn2)nc(-c2ccccc2)n1. The van der Waals surface area contributed by atoms with Crippen LogP contribution in [0.5, 0.6) is 0 Å². The second-order valence-corrected chi connectivity index (χ2v) is 5.19. The van der Waals surface area contributed by atoms with Gasteiger partial charge in [-0.3, -0.25) is 0 Å². The van der Waals surface area contributed by atoms with E-state index in [-0.39, 0.29) is 6.04 Å². The number of benzene rings is 1. The van der Waals surface area contributed by atoms with Gasteiger partial charge in [0.15, 0.2) is 5.82 Å². The molecule has 0 amide bonds. The molecule has 1 atom stereocenters. The Morgan fingerprint density at radius 2 is 2.00 bits per heavy atom. The molecule has 3 aromatic rings. The summed E-state index contributed by atoms with van der Waals surface area (Å²) in [6, 6.07) is 12.1. The minimum Gasteiger partial charge on any atom is -0.368 e. The molecule has 112 valence electrons. The van der Waals surface area contributed by atoms with Gasteiger partial charge < -0.3 is 5.32 Å². The van der Waals surface area contributed by atoms with Crippen LogP contribution < -0.4 is 5.32 Å². The molecule has 0 fully saturated rings. The molecule has 0 aliphatic rings. The summed E-state index contributed by atoms with van der Waals surface area (Å²) >= 11 is 0. The maximum Gasteiger partial charge on any atom is 0.161 e. The Hall–Kier alpha value is -2.76. The monoisotopic (exact) mass is 294 g/mol. The number of nitrogens with one attached hydrogen (secondary N) is 1. The van der Waals surface area contributed by atoms with Crippen LogP contribution in [0.1, 0.15) is 18.7 Å². The van der Waals surface area contributed by atoms with Gasteiger partial charge in [0.05, 0.1) is 6.04 Å². The Kier molecular flexibility index (Phi) is 4.09. The molecule has 1 aromatic carbocycles. The first-order chi connectivity index (χ1) is 10.7. The summed E-state index contributed by atoms with van der Waals surface area (Å²) in [6.45, 7) is 4.77. The highest BCUT2D eigenvalue weighted by atomic mass is 15.3. The summed E-state index contributed by atoms with van der Waals surface area (Å²) in [7, 11) is 0. The zero-order valence-corrected chi connectivity index (χ0v) is 12.6. The molecule has 22 heavy (non-hydrogen) atoms. The van der Waals surface area contributed by atoms with E-state index in [1.165, 1.54) is 0 Å². The molecule has 6 heteroatoms. The number of hydrogen-bond donors (Lipinski definition) is 1. The number of aromatic nitrogens is 5. The van der Waals surface area contributed by atoms with Crippen molar-refractivity contribution in [3.05, 3.63) is 54.7 Å². The molecule has 2 heterocycles. The van der Waals surface area contributed by atoms with E-state index >= 15 is 0 Å². The quantitative estimate of drug-likeness (QED) is 0.783. The van der Waals surface area contributed by atoms with Crippen LogP contribution in [0.25, 0.3) is 11.4 Å². The van der Waals surface area contributed by atoms with E-state index in [1.807, 2.05) is 48.0 Å². The van der Waals surface area contributed by atoms with Gasteiger partial charge in [0.1, 0.15) is 18.5 Å². The van der Waals surface area contributed by atoms with Gasteiger partial charge in [-0.05, 0) is 13.8 Å². The molecule has 1 unspecified atom stereocenters. The van der Waals surface area contributed by atoms with E-state index in [1.54, 1.807) is 12.7 Å². The Balaban J connectivity index is 1.75. The fraction of sp³-hybridized carbons (Fsp3) is 0.250. The average molecular weight is 294 g/mol. The predicted octanol–water partition coefficient (Wildman–Crippen LogP) is 2.72. The van der Waals surface area contributed by atoms with Crippen LogP contribution in [0.15, 0.2) is 49.1 Å². The third-order valence-corrected chi connectivity index (χ3v) is 3.35. The van der Waals surface area contributed by atoms with Gasteiger partial charge in [-0.15, -0.1) is 0 Å². The van der Waals surface area contributed by atoms with Crippen molar-refractivity contribution < 1.29 is 0 Å². The van der Waals surface area contributed by atoms with Crippen molar-refractivity contribution in [2.75, 3.05) is 11.9 Å². The van der Waals surface area contributed by atoms with E-state index in [0.29, 0.717) is 6.54 Å². The highest BCUT2D eigenvalue weighted by molar-refractivity contribution is 5.57. The van der Waals surface area contributed by atoms with Crippen LogP contribution in [0.3, 0.4) is 0 Å². The molecule has 0 saturated carbocycles. The number of aryl methyl sites for hydroxylation is 1. The molecule has 0 saturated heterocycles. The van der Waals surface area contributed by atoms with Crippen molar-refractivity contribution in [3.63, 3.8) is 0 Å². The zero-order chi connectivity index (χ0) is 15.4. The molecule has 0 spiro atoms. The van der Waals surface area contributed by atoms with Gasteiger partial charge in [-0.1, -0.05) is 30.3 Å². The van der Waals surface area contributed by atoms with Gasteiger partial charge in [0.25, 0.3) is 0 Å². The fourth-order valence-corrected chi connectivity index (χ4v) is 2.17. The lowest BCUT2D eigenvalue weighted by Crippen LogP contribution is -2.17. The summed E-state index contributed by atoms with van der Waals surface area (Å²) in [5.41, 5.74) is 1.95. The van der Waals surface area contributed by atoms with Gasteiger partial charge >= 0.3 is 0 Å². The molecular formula is C16H18N6. The van der Waals surface area contributed by atoms with Crippen LogP contribution in [0, 0.1) is 6.92 Å². The number of nitrogens with zero attached hydrogens (tertiary/aromatic N) is 5. The van der Waals surface area contributed by atoms with Gasteiger partial charge in [-0.2, -0.15) is 5.10 Å². The van der Waals surface area contributed by atoms with E-state index < -0.39 is 0 Å².